The zero-order valence-corrected chi connectivity index (χ0v) is 35.2. The van der Waals surface area contributed by atoms with E-state index in [0.717, 1.165) is 51.4 Å². The molecule has 3 fully saturated rings. The van der Waals surface area contributed by atoms with Gasteiger partial charge in [0.05, 0.1) is 37.0 Å². The minimum atomic E-state index is -0.890. The van der Waals surface area contributed by atoms with Crippen LogP contribution in [0.3, 0.4) is 0 Å². The van der Waals surface area contributed by atoms with Crippen molar-refractivity contribution in [1.82, 2.24) is 10.6 Å². The molecule has 6 aliphatic carbocycles. The van der Waals surface area contributed by atoms with Crippen molar-refractivity contribution < 1.29 is 48.5 Å². The molecule has 3 unspecified atom stereocenters. The fraction of sp³-hybridized carbons (Fsp3) is 0.667. The molecule has 338 valence electrons. The molecule has 16 nitrogen and oxygen atoms in total. The number of allylic oxidation sites excluding steroid dienone is 6. The first-order valence-electron chi connectivity index (χ1n) is 22.2. The molecule has 0 bridgehead atoms. The normalized spacial score (nSPS) is 30.0. The Morgan fingerprint density at radius 1 is 0.607 bits per heavy atom. The highest BCUT2D eigenvalue weighted by Crippen LogP contribution is 2.54. The number of nitro groups is 1. The van der Waals surface area contributed by atoms with Crippen LogP contribution in [-0.4, -0.2) is 91.7 Å². The van der Waals surface area contributed by atoms with Crippen molar-refractivity contribution in [2.45, 2.75) is 89.3 Å². The van der Waals surface area contributed by atoms with Gasteiger partial charge in [-0.3, -0.25) is 10.1 Å². The van der Waals surface area contributed by atoms with Crippen molar-refractivity contribution in [3.05, 3.63) is 70.8 Å². The summed E-state index contributed by atoms with van der Waals surface area (Å²) in [5.74, 6) is 5.67. The van der Waals surface area contributed by atoms with Gasteiger partial charge in [-0.1, -0.05) is 36.5 Å². The Hall–Kier alpha value is -4.51. The fourth-order valence-electron chi connectivity index (χ4n) is 9.27. The van der Waals surface area contributed by atoms with Gasteiger partial charge in [0.15, 0.2) is 0 Å². The molecule has 0 heterocycles. The molecule has 0 saturated heterocycles. The smallest absolute Gasteiger partial charge is 0.449 e. The topological polar surface area (TPSA) is 248 Å². The summed E-state index contributed by atoms with van der Waals surface area (Å²) in [6.45, 7) is 1.86. The summed E-state index contributed by atoms with van der Waals surface area (Å²) in [4.78, 5) is 45.7. The van der Waals surface area contributed by atoms with Crippen LogP contribution >= 0.6 is 0 Å². The first-order chi connectivity index (χ1) is 29.6. The minimum absolute atomic E-state index is 0.0281. The first-order valence-corrected chi connectivity index (χ1v) is 22.2. The van der Waals surface area contributed by atoms with E-state index in [4.69, 9.17) is 35.5 Å². The van der Waals surface area contributed by atoms with Crippen LogP contribution in [0, 0.1) is 63.4 Å². The number of benzene rings is 1. The van der Waals surface area contributed by atoms with E-state index >= 15 is 0 Å². The Kier molecular flexibility index (Phi) is 19.3. The molecule has 0 aromatic heterocycles. The summed E-state index contributed by atoms with van der Waals surface area (Å²) in [6.07, 6.45) is 24.0. The van der Waals surface area contributed by atoms with Gasteiger partial charge in [-0.2, -0.15) is 0 Å². The van der Waals surface area contributed by atoms with E-state index in [1.807, 2.05) is 0 Å². The molecule has 8 N–H and O–H groups in total. The SMILES string of the molecule is NCC(O)CN.O=C(NCC(O)CNC(=O)OCC1[C@H]2CC/C=C/CC[C@@H]12)OCC1[C@H]2CC/C=C/CC[C@@H]12.O=C(OCC1[C@H]2CC/C=C/CC[C@@H]12)Oc1ccc([N+](=O)[O-])cc1. The lowest BCUT2D eigenvalue weighted by Gasteiger charge is -2.13. The minimum Gasteiger partial charge on any atom is -0.449 e. The zero-order valence-electron chi connectivity index (χ0n) is 35.2. The highest BCUT2D eigenvalue weighted by Gasteiger charge is 2.51. The fourth-order valence-corrected chi connectivity index (χ4v) is 9.27. The lowest BCUT2D eigenvalue weighted by atomic mass is 10.1. The number of nitrogens with zero attached hydrogens (tertiary/aromatic N) is 1. The number of hydrogen-bond donors (Lipinski definition) is 6. The molecular formula is C45H67N5O11. The van der Waals surface area contributed by atoms with Crippen molar-refractivity contribution in [1.29, 1.82) is 0 Å². The standard InChI is InChI=1S/C25H38N2O5.C17H19NO5.C3H10N2O/c28-17(13-26-24(29)31-15-22-18-9-5-1-2-6-10-19(18)22)14-27-25(30)32-16-23-20-11-7-3-4-8-12-21(20)23;19-17(23-13-9-7-12(8-10-13)18(20)21)22-11-16-14-5-3-1-2-4-6-15(14)16;4-1-3(6)2-5/h1-4,17-23,28H,5-16H2,(H,26,29)(H,27,30);1-2,7-10,14-16H,3-6,11H2;3,6H,1-2,4-5H2/b2-1+,4-3+;2-1+;/t17?,18-,19+,20-,21+,22?,23?;14-,15+,16?;. The average molecular weight is 854 g/mol. The predicted octanol–water partition coefficient (Wildman–Crippen LogP) is 6.15. The predicted molar refractivity (Wildman–Crippen MR) is 228 cm³/mol. The number of nitrogens with one attached hydrogen (secondary N) is 2. The van der Waals surface area contributed by atoms with Crippen LogP contribution in [0.4, 0.5) is 20.1 Å². The second-order valence-electron chi connectivity index (χ2n) is 17.0. The van der Waals surface area contributed by atoms with E-state index in [1.165, 1.54) is 49.9 Å². The van der Waals surface area contributed by atoms with Gasteiger partial charge in [0, 0.05) is 38.3 Å². The van der Waals surface area contributed by atoms with Crippen LogP contribution in [0.2, 0.25) is 0 Å². The van der Waals surface area contributed by atoms with E-state index < -0.39 is 35.5 Å². The molecule has 1 aromatic rings. The Morgan fingerprint density at radius 2 is 0.951 bits per heavy atom. The molecule has 0 spiro atoms. The number of ether oxygens (including phenoxy) is 4. The number of carbonyl (C=O) groups excluding carboxylic acids is 3. The molecule has 16 heteroatoms. The quantitative estimate of drug-likeness (QED) is 0.0307. The van der Waals surface area contributed by atoms with E-state index in [-0.39, 0.29) is 37.6 Å². The molecule has 3 saturated carbocycles. The largest absolute Gasteiger partial charge is 0.513 e. The average Bonchev–Trinajstić information content (AvgIpc) is 4.18. The van der Waals surface area contributed by atoms with Crippen LogP contribution in [-0.2, 0) is 14.2 Å². The first kappa shape index (κ1) is 47.5. The van der Waals surface area contributed by atoms with E-state index in [9.17, 15) is 29.6 Å². The number of fused-ring (bicyclic) bond motifs is 3. The van der Waals surface area contributed by atoms with Gasteiger partial charge < -0.3 is 51.3 Å². The molecule has 9 atom stereocenters. The summed E-state index contributed by atoms with van der Waals surface area (Å²) in [6, 6.07) is 5.35. The summed E-state index contributed by atoms with van der Waals surface area (Å²) in [5.41, 5.74) is 9.86. The Bertz CT molecular complexity index is 1530. The van der Waals surface area contributed by atoms with Gasteiger partial charge in [0.25, 0.3) is 5.69 Å². The van der Waals surface area contributed by atoms with E-state index in [1.54, 1.807) is 0 Å². The number of hydrogen-bond acceptors (Lipinski definition) is 13. The Morgan fingerprint density at radius 3 is 1.26 bits per heavy atom. The number of nitro benzene ring substituents is 1. The number of carbonyl (C=O) groups is 3. The van der Waals surface area contributed by atoms with Gasteiger partial charge in [-0.15, -0.1) is 0 Å². The molecular weight excluding hydrogens is 787 g/mol. The van der Waals surface area contributed by atoms with Gasteiger partial charge in [-0.05, 0) is 142 Å². The highest BCUT2D eigenvalue weighted by atomic mass is 16.7. The summed E-state index contributed by atoms with van der Waals surface area (Å²) in [5, 5.41) is 34.2. The molecule has 1 aromatic carbocycles. The second-order valence-corrected chi connectivity index (χ2v) is 17.0. The number of rotatable bonds is 14. The summed E-state index contributed by atoms with van der Waals surface area (Å²) in [7, 11) is 0. The maximum atomic E-state index is 11.9. The molecule has 0 radical (unpaired) electrons. The third-order valence-electron chi connectivity index (χ3n) is 13.0. The molecule has 0 aliphatic heterocycles. The zero-order chi connectivity index (χ0) is 43.6. The Labute approximate surface area is 359 Å². The lowest BCUT2D eigenvalue weighted by molar-refractivity contribution is -0.384. The molecule has 61 heavy (non-hydrogen) atoms. The molecule has 6 aliphatic rings. The number of amides is 2. The second kappa shape index (κ2) is 24.8. The van der Waals surface area contributed by atoms with Gasteiger partial charge >= 0.3 is 18.3 Å². The number of aliphatic hydroxyl groups is 2. The lowest BCUT2D eigenvalue weighted by Crippen LogP contribution is -2.40. The third-order valence-corrected chi connectivity index (χ3v) is 13.0. The Balaban J connectivity index is 0.000000212. The van der Waals surface area contributed by atoms with Crippen molar-refractivity contribution in [3.63, 3.8) is 0 Å². The molecule has 2 amide bonds. The van der Waals surface area contributed by atoms with Crippen LogP contribution in [0.25, 0.3) is 0 Å². The van der Waals surface area contributed by atoms with Crippen molar-refractivity contribution >= 4 is 24.0 Å². The van der Waals surface area contributed by atoms with Crippen molar-refractivity contribution in [3.8, 4) is 5.75 Å². The number of aliphatic hydroxyl groups excluding tert-OH is 2. The van der Waals surface area contributed by atoms with E-state index in [2.05, 4.69) is 47.1 Å². The summed E-state index contributed by atoms with van der Waals surface area (Å²) < 4.78 is 20.9. The monoisotopic (exact) mass is 853 g/mol. The number of non-ortho nitro benzene ring substituents is 1. The van der Waals surface area contributed by atoms with Crippen LogP contribution in [0.5, 0.6) is 5.75 Å². The van der Waals surface area contributed by atoms with Gasteiger partial charge in [0.1, 0.15) is 5.75 Å². The van der Waals surface area contributed by atoms with Gasteiger partial charge in [-0.25, -0.2) is 14.4 Å². The van der Waals surface area contributed by atoms with E-state index in [0.29, 0.717) is 73.1 Å². The molecule has 7 rings (SSSR count). The summed E-state index contributed by atoms with van der Waals surface area (Å²) >= 11 is 0. The number of alkyl carbamates (subject to hydrolysis) is 2. The van der Waals surface area contributed by atoms with Crippen LogP contribution in [0.15, 0.2) is 60.7 Å². The third kappa shape index (κ3) is 16.0. The van der Waals surface area contributed by atoms with Crippen molar-refractivity contribution in [2.24, 2.45) is 64.7 Å². The van der Waals surface area contributed by atoms with Gasteiger partial charge in [0.2, 0.25) is 0 Å². The maximum Gasteiger partial charge on any atom is 0.513 e. The number of nitrogens with two attached hydrogens (primary N) is 2. The van der Waals surface area contributed by atoms with Crippen LogP contribution < -0.4 is 26.8 Å². The van der Waals surface area contributed by atoms with Crippen molar-refractivity contribution in [2.75, 3.05) is 46.0 Å². The maximum absolute atomic E-state index is 11.9. The highest BCUT2D eigenvalue weighted by molar-refractivity contribution is 5.68. The van der Waals surface area contributed by atoms with Crippen LogP contribution in [0.1, 0.15) is 77.0 Å².